The molecule has 1 radical (unpaired) electrons. The predicted octanol–water partition coefficient (Wildman–Crippen LogP) is 1.82. The van der Waals surface area contributed by atoms with Gasteiger partial charge in [0.2, 0.25) is 0 Å². The summed E-state index contributed by atoms with van der Waals surface area (Å²) in [4.78, 5) is 3.66. The normalized spacial score (nSPS) is 10.4. The van der Waals surface area contributed by atoms with Gasteiger partial charge in [-0.25, -0.2) is 0 Å². The molecule has 0 fully saturated rings. The van der Waals surface area contributed by atoms with Gasteiger partial charge in [-0.1, -0.05) is 25.6 Å². The average molecular weight is 190 g/mol. The van der Waals surface area contributed by atoms with Crippen LogP contribution in [0.1, 0.15) is 5.56 Å². The molecule has 1 rings (SSSR count). The summed E-state index contributed by atoms with van der Waals surface area (Å²) in [6.07, 6.45) is 4.00. The zero-order valence-electron chi connectivity index (χ0n) is 8.05. The molecule has 0 aliphatic rings. The van der Waals surface area contributed by atoms with E-state index in [0.29, 0.717) is 5.56 Å². The van der Waals surface area contributed by atoms with Crippen LogP contribution in [-0.2, 0) is 0 Å². The van der Waals surface area contributed by atoms with Crippen molar-refractivity contribution < 1.29 is 5.11 Å². The summed E-state index contributed by atoms with van der Waals surface area (Å²) in [5, 5.41) is 9.34. The largest absolute Gasteiger partial charge is 0.505 e. The second-order valence-corrected chi connectivity index (χ2v) is 8.58. The van der Waals surface area contributed by atoms with Gasteiger partial charge >= 0.3 is 0 Å². The van der Waals surface area contributed by atoms with Crippen molar-refractivity contribution in [3.05, 3.63) is 24.0 Å². The number of hydrogen-bond acceptors (Lipinski definition) is 2. The maximum absolute atomic E-state index is 9.34. The van der Waals surface area contributed by atoms with Crippen LogP contribution in [0.5, 0.6) is 5.75 Å². The van der Waals surface area contributed by atoms with Gasteiger partial charge < -0.3 is 5.11 Å². The van der Waals surface area contributed by atoms with Gasteiger partial charge in [-0.2, -0.15) is 0 Å². The molecule has 1 N–H and O–H groups in total. The number of nitrogens with zero attached hydrogens (tertiary/aromatic N) is 1. The van der Waals surface area contributed by atoms with Gasteiger partial charge in [-0.15, -0.1) is 5.54 Å². The van der Waals surface area contributed by atoms with Crippen LogP contribution in [0.15, 0.2) is 12.3 Å². The first kappa shape index (κ1) is 9.81. The Kier molecular flexibility index (Phi) is 2.74. The summed E-state index contributed by atoms with van der Waals surface area (Å²) < 4.78 is 0. The summed E-state index contributed by atoms with van der Waals surface area (Å²) in [5.74, 6) is 3.07. The highest BCUT2D eigenvalue weighted by Gasteiger charge is 2.07. The lowest BCUT2D eigenvalue weighted by atomic mass is 10.3. The average Bonchev–Trinajstić information content (AvgIpc) is 2.01. The molecule has 1 heterocycles. The lowest BCUT2D eigenvalue weighted by Crippen LogP contribution is -2.16. The fraction of sp³-hybridized carbons (Fsp3) is 0.300. The molecule has 0 aliphatic heterocycles. The monoisotopic (exact) mass is 190 g/mol. The van der Waals surface area contributed by atoms with Crippen LogP contribution in [0, 0.1) is 17.7 Å². The van der Waals surface area contributed by atoms with E-state index in [1.807, 2.05) is 0 Å². The zero-order valence-corrected chi connectivity index (χ0v) is 9.05. The van der Waals surface area contributed by atoms with Crippen LogP contribution in [0.2, 0.25) is 19.6 Å². The molecule has 0 aromatic carbocycles. The Bertz CT molecular complexity index is 357. The van der Waals surface area contributed by atoms with Crippen molar-refractivity contribution in [1.82, 2.24) is 4.98 Å². The molecule has 0 amide bonds. The Balaban J connectivity index is 2.97. The summed E-state index contributed by atoms with van der Waals surface area (Å²) in [7, 11) is -1.37. The number of aromatic hydroxyl groups is 1. The predicted molar refractivity (Wildman–Crippen MR) is 55.0 cm³/mol. The molecule has 3 heteroatoms. The van der Waals surface area contributed by atoms with Crippen LogP contribution >= 0.6 is 0 Å². The van der Waals surface area contributed by atoms with Gasteiger partial charge in [0, 0.05) is 0 Å². The van der Waals surface area contributed by atoms with Gasteiger partial charge in [0.25, 0.3) is 0 Å². The highest BCUT2D eigenvalue weighted by atomic mass is 28.3. The Morgan fingerprint density at radius 3 is 2.69 bits per heavy atom. The third kappa shape index (κ3) is 3.30. The Labute approximate surface area is 79.7 Å². The topological polar surface area (TPSA) is 33.1 Å². The first-order valence-electron chi connectivity index (χ1n) is 4.07. The van der Waals surface area contributed by atoms with E-state index in [1.54, 1.807) is 6.07 Å². The van der Waals surface area contributed by atoms with Crippen molar-refractivity contribution in [2.24, 2.45) is 0 Å². The third-order valence-electron chi connectivity index (χ3n) is 1.32. The van der Waals surface area contributed by atoms with Crippen LogP contribution in [-0.4, -0.2) is 18.2 Å². The van der Waals surface area contributed by atoms with E-state index in [0.717, 1.165) is 0 Å². The van der Waals surface area contributed by atoms with Crippen molar-refractivity contribution >= 4 is 8.07 Å². The fourth-order valence-corrected chi connectivity index (χ4v) is 1.21. The Morgan fingerprint density at radius 2 is 2.15 bits per heavy atom. The molecule has 2 nitrogen and oxygen atoms in total. The second kappa shape index (κ2) is 3.63. The van der Waals surface area contributed by atoms with Gasteiger partial charge in [-0.3, -0.25) is 4.98 Å². The lowest BCUT2D eigenvalue weighted by molar-refractivity contribution is 0.471. The first-order valence-corrected chi connectivity index (χ1v) is 7.57. The van der Waals surface area contributed by atoms with Crippen molar-refractivity contribution in [2.45, 2.75) is 19.6 Å². The molecule has 67 valence electrons. The molecule has 0 saturated carbocycles. The van der Waals surface area contributed by atoms with E-state index in [1.165, 1.54) is 6.20 Å². The van der Waals surface area contributed by atoms with Crippen molar-refractivity contribution in [3.8, 4) is 17.2 Å². The van der Waals surface area contributed by atoms with E-state index >= 15 is 0 Å². The third-order valence-corrected chi connectivity index (χ3v) is 2.19. The molecule has 1 aromatic heterocycles. The molecule has 0 saturated heterocycles. The summed E-state index contributed by atoms with van der Waals surface area (Å²) in [6.45, 7) is 6.46. The number of hydrogen-bond donors (Lipinski definition) is 1. The zero-order chi connectivity index (χ0) is 9.90. The molecule has 13 heavy (non-hydrogen) atoms. The number of rotatable bonds is 0. The standard InChI is InChI=1S/C10H12NOSi/c1-13(2,3)7-5-9-4-6-11-8-10(9)12/h4,8,12H,1-3H3. The van der Waals surface area contributed by atoms with Crippen LogP contribution in [0.25, 0.3) is 0 Å². The highest BCUT2D eigenvalue weighted by Crippen LogP contribution is 2.11. The number of aromatic nitrogens is 1. The molecular formula is C10H12NOSi. The molecule has 0 bridgehead atoms. The van der Waals surface area contributed by atoms with E-state index in [-0.39, 0.29) is 5.75 Å². The quantitative estimate of drug-likeness (QED) is 0.500. The van der Waals surface area contributed by atoms with Gasteiger partial charge in [0.15, 0.2) is 0 Å². The Hall–Kier alpha value is -1.27. The number of pyridine rings is 1. The molecule has 0 aliphatic carbocycles. The molecule has 0 unspecified atom stereocenters. The minimum atomic E-state index is -1.37. The molecular weight excluding hydrogens is 178 g/mol. The van der Waals surface area contributed by atoms with Crippen LogP contribution in [0.4, 0.5) is 0 Å². The van der Waals surface area contributed by atoms with Gasteiger partial charge in [0.1, 0.15) is 13.8 Å². The summed E-state index contributed by atoms with van der Waals surface area (Å²) in [6, 6.07) is 1.60. The second-order valence-electron chi connectivity index (χ2n) is 3.83. The van der Waals surface area contributed by atoms with Crippen LogP contribution < -0.4 is 0 Å². The maximum Gasteiger partial charge on any atom is 0.149 e. The van der Waals surface area contributed by atoms with Gasteiger partial charge in [-0.05, 0) is 6.07 Å². The van der Waals surface area contributed by atoms with Crippen molar-refractivity contribution in [3.63, 3.8) is 0 Å². The minimum absolute atomic E-state index is 0.129. The molecule has 0 atom stereocenters. The van der Waals surface area contributed by atoms with E-state index in [4.69, 9.17) is 0 Å². The first-order chi connectivity index (χ1) is 5.99. The highest BCUT2D eigenvalue weighted by molar-refractivity contribution is 6.83. The van der Waals surface area contributed by atoms with E-state index in [2.05, 4.69) is 42.3 Å². The summed E-state index contributed by atoms with van der Waals surface area (Å²) in [5.41, 5.74) is 3.77. The smallest absolute Gasteiger partial charge is 0.149 e. The van der Waals surface area contributed by atoms with E-state index in [9.17, 15) is 5.11 Å². The lowest BCUT2D eigenvalue weighted by Gasteiger charge is -2.03. The van der Waals surface area contributed by atoms with Crippen LogP contribution in [0.3, 0.4) is 0 Å². The molecule has 0 spiro atoms. The van der Waals surface area contributed by atoms with Crippen molar-refractivity contribution in [1.29, 1.82) is 0 Å². The Morgan fingerprint density at radius 1 is 1.46 bits per heavy atom. The minimum Gasteiger partial charge on any atom is -0.505 e. The molecule has 1 aromatic rings. The van der Waals surface area contributed by atoms with Crippen molar-refractivity contribution in [2.75, 3.05) is 0 Å². The van der Waals surface area contributed by atoms with E-state index < -0.39 is 8.07 Å². The van der Waals surface area contributed by atoms with Gasteiger partial charge in [0.05, 0.1) is 18.0 Å². The summed E-state index contributed by atoms with van der Waals surface area (Å²) >= 11 is 0. The fourth-order valence-electron chi connectivity index (χ4n) is 0.699. The SMILES string of the molecule is C[Si](C)(C)C#Cc1c[c]ncc1O. The maximum atomic E-state index is 9.34.